The van der Waals surface area contributed by atoms with Gasteiger partial charge < -0.3 is 5.32 Å². The van der Waals surface area contributed by atoms with Crippen LogP contribution in [0.1, 0.15) is 25.8 Å². The topological polar surface area (TPSA) is 35.8 Å². The minimum absolute atomic E-state index is 0.131. The molecule has 1 rings (SSSR count). The largest absolute Gasteiger partial charge is 0.370 e. The van der Waals surface area contributed by atoms with Crippen LogP contribution in [-0.2, 0) is 6.42 Å². The number of hydrogen-bond donors (Lipinski definition) is 1. The van der Waals surface area contributed by atoms with Crippen molar-refractivity contribution in [3.63, 3.8) is 0 Å². The summed E-state index contributed by atoms with van der Waals surface area (Å²) < 4.78 is 0. The maximum absolute atomic E-state index is 8.70. The lowest BCUT2D eigenvalue weighted by Gasteiger charge is -2.12. The molecule has 1 unspecified atom stereocenters. The van der Waals surface area contributed by atoms with Crippen molar-refractivity contribution in [2.24, 2.45) is 0 Å². The first-order valence-electron chi connectivity index (χ1n) is 5.02. The highest BCUT2D eigenvalue weighted by Gasteiger charge is 2.03. The average Bonchev–Trinajstić information content (AvgIpc) is 2.21. The second kappa shape index (κ2) is 5.29. The molecule has 0 aromatic heterocycles. The Balaban J connectivity index is 2.79. The van der Waals surface area contributed by atoms with Crippen molar-refractivity contribution in [2.45, 2.75) is 32.7 Å². The highest BCUT2D eigenvalue weighted by Crippen LogP contribution is 2.17. The molecule has 0 saturated carbocycles. The predicted octanol–water partition coefficient (Wildman–Crippen LogP) is 2.96. The molecule has 0 radical (unpaired) electrons. The molecular weight excluding hydrogens is 172 g/mol. The van der Waals surface area contributed by atoms with Gasteiger partial charge in [-0.15, -0.1) is 0 Å². The van der Waals surface area contributed by atoms with Gasteiger partial charge in [0.25, 0.3) is 0 Å². The van der Waals surface area contributed by atoms with Crippen LogP contribution in [0.5, 0.6) is 0 Å². The molecule has 2 heteroatoms. The quantitative estimate of drug-likeness (QED) is 0.788. The number of nitrogens with one attached hydrogen (secondary N) is 1. The zero-order valence-corrected chi connectivity index (χ0v) is 8.75. The Morgan fingerprint density at radius 2 is 2.14 bits per heavy atom. The van der Waals surface area contributed by atoms with Crippen molar-refractivity contribution >= 4 is 5.69 Å². The van der Waals surface area contributed by atoms with E-state index < -0.39 is 0 Å². The predicted molar refractivity (Wildman–Crippen MR) is 59.1 cm³/mol. The van der Waals surface area contributed by atoms with Crippen LogP contribution in [0, 0.1) is 11.3 Å². The fourth-order valence-electron chi connectivity index (χ4n) is 1.41. The zero-order chi connectivity index (χ0) is 10.4. The second-order valence-corrected chi connectivity index (χ2v) is 3.40. The Morgan fingerprint density at radius 3 is 2.79 bits per heavy atom. The normalized spacial score (nSPS) is 11.8. The summed E-state index contributed by atoms with van der Waals surface area (Å²) in [5.41, 5.74) is 2.38. The maximum atomic E-state index is 8.70. The SMILES string of the molecule is CCCc1ccccc1NC(C)C#N. The third kappa shape index (κ3) is 2.77. The van der Waals surface area contributed by atoms with Crippen molar-refractivity contribution < 1.29 is 0 Å². The van der Waals surface area contributed by atoms with Crippen LogP contribution in [0.3, 0.4) is 0 Å². The molecule has 1 aromatic carbocycles. The average molecular weight is 188 g/mol. The molecule has 0 spiro atoms. The lowest BCUT2D eigenvalue weighted by Crippen LogP contribution is -2.13. The smallest absolute Gasteiger partial charge is 0.111 e. The first-order valence-corrected chi connectivity index (χ1v) is 5.02. The Kier molecular flexibility index (Phi) is 4.00. The minimum atomic E-state index is -0.131. The van der Waals surface area contributed by atoms with E-state index in [1.165, 1.54) is 5.56 Å². The number of para-hydroxylation sites is 1. The van der Waals surface area contributed by atoms with Crippen LogP contribution in [0.25, 0.3) is 0 Å². The molecule has 14 heavy (non-hydrogen) atoms. The summed E-state index contributed by atoms with van der Waals surface area (Å²) in [6, 6.07) is 10.2. The van der Waals surface area contributed by atoms with E-state index in [4.69, 9.17) is 5.26 Å². The van der Waals surface area contributed by atoms with Crippen LogP contribution in [0.4, 0.5) is 5.69 Å². The van der Waals surface area contributed by atoms with Crippen molar-refractivity contribution in [1.82, 2.24) is 0 Å². The molecule has 74 valence electrons. The van der Waals surface area contributed by atoms with Crippen LogP contribution in [-0.4, -0.2) is 6.04 Å². The number of benzene rings is 1. The summed E-state index contributed by atoms with van der Waals surface area (Å²) in [6.45, 7) is 4.02. The number of aryl methyl sites for hydroxylation is 1. The van der Waals surface area contributed by atoms with Gasteiger partial charge in [-0.2, -0.15) is 5.26 Å². The van der Waals surface area contributed by atoms with Gasteiger partial charge in [0.15, 0.2) is 0 Å². The second-order valence-electron chi connectivity index (χ2n) is 3.40. The zero-order valence-electron chi connectivity index (χ0n) is 8.75. The summed E-state index contributed by atoms with van der Waals surface area (Å²) in [7, 11) is 0. The van der Waals surface area contributed by atoms with E-state index in [0.29, 0.717) is 0 Å². The van der Waals surface area contributed by atoms with Crippen molar-refractivity contribution in [2.75, 3.05) is 5.32 Å². The molecule has 0 aliphatic carbocycles. The summed E-state index contributed by atoms with van der Waals surface area (Å²) in [5.74, 6) is 0. The lowest BCUT2D eigenvalue weighted by molar-refractivity contribution is 0.913. The van der Waals surface area contributed by atoms with Crippen LogP contribution < -0.4 is 5.32 Å². The van der Waals surface area contributed by atoms with Crippen molar-refractivity contribution in [3.05, 3.63) is 29.8 Å². The number of rotatable bonds is 4. The van der Waals surface area contributed by atoms with Gasteiger partial charge in [0.1, 0.15) is 6.04 Å². The summed E-state index contributed by atoms with van der Waals surface area (Å²) in [6.07, 6.45) is 2.18. The minimum Gasteiger partial charge on any atom is -0.370 e. The fourth-order valence-corrected chi connectivity index (χ4v) is 1.41. The number of nitrogens with zero attached hydrogens (tertiary/aromatic N) is 1. The molecule has 0 bridgehead atoms. The molecule has 0 amide bonds. The monoisotopic (exact) mass is 188 g/mol. The molecule has 0 saturated heterocycles. The van der Waals surface area contributed by atoms with Gasteiger partial charge in [-0.05, 0) is 25.0 Å². The van der Waals surface area contributed by atoms with Gasteiger partial charge in [-0.1, -0.05) is 31.5 Å². The molecule has 2 nitrogen and oxygen atoms in total. The van der Waals surface area contributed by atoms with E-state index in [0.717, 1.165) is 18.5 Å². The van der Waals surface area contributed by atoms with Gasteiger partial charge in [0.05, 0.1) is 6.07 Å². The van der Waals surface area contributed by atoms with Gasteiger partial charge in [0, 0.05) is 5.69 Å². The highest BCUT2D eigenvalue weighted by molar-refractivity contribution is 5.52. The highest BCUT2D eigenvalue weighted by atomic mass is 14.9. The Labute approximate surface area is 85.6 Å². The Hall–Kier alpha value is -1.49. The van der Waals surface area contributed by atoms with E-state index in [2.05, 4.69) is 24.4 Å². The number of hydrogen-bond acceptors (Lipinski definition) is 2. The first kappa shape index (κ1) is 10.6. The van der Waals surface area contributed by atoms with Crippen molar-refractivity contribution in [1.29, 1.82) is 5.26 Å². The van der Waals surface area contributed by atoms with E-state index >= 15 is 0 Å². The number of nitriles is 1. The standard InChI is InChI=1S/C12H16N2/c1-3-6-11-7-4-5-8-12(11)14-10(2)9-13/h4-5,7-8,10,14H,3,6H2,1-2H3. The van der Waals surface area contributed by atoms with Gasteiger partial charge in [0.2, 0.25) is 0 Å². The van der Waals surface area contributed by atoms with Crippen LogP contribution in [0.2, 0.25) is 0 Å². The van der Waals surface area contributed by atoms with Gasteiger partial charge in [-0.25, -0.2) is 0 Å². The lowest BCUT2D eigenvalue weighted by atomic mass is 10.1. The fraction of sp³-hybridized carbons (Fsp3) is 0.417. The van der Waals surface area contributed by atoms with Gasteiger partial charge in [-0.3, -0.25) is 0 Å². The third-order valence-electron chi connectivity index (χ3n) is 2.10. The van der Waals surface area contributed by atoms with E-state index in [1.54, 1.807) is 0 Å². The first-order chi connectivity index (χ1) is 6.77. The molecule has 1 atom stereocenters. The molecule has 0 heterocycles. The van der Waals surface area contributed by atoms with E-state index in [-0.39, 0.29) is 6.04 Å². The molecule has 1 N–H and O–H groups in total. The molecule has 1 aromatic rings. The van der Waals surface area contributed by atoms with Crippen LogP contribution >= 0.6 is 0 Å². The Bertz CT molecular complexity index is 325. The summed E-state index contributed by atoms with van der Waals surface area (Å²) in [4.78, 5) is 0. The van der Waals surface area contributed by atoms with Crippen LogP contribution in [0.15, 0.2) is 24.3 Å². The number of anilines is 1. The molecular formula is C12H16N2. The molecule has 0 fully saturated rings. The van der Waals surface area contributed by atoms with E-state index in [1.807, 2.05) is 25.1 Å². The van der Waals surface area contributed by atoms with E-state index in [9.17, 15) is 0 Å². The summed E-state index contributed by atoms with van der Waals surface area (Å²) in [5, 5.41) is 11.9. The Morgan fingerprint density at radius 1 is 1.43 bits per heavy atom. The molecule has 0 aliphatic rings. The maximum Gasteiger partial charge on any atom is 0.111 e. The van der Waals surface area contributed by atoms with Crippen molar-refractivity contribution in [3.8, 4) is 6.07 Å². The molecule has 0 aliphatic heterocycles. The third-order valence-corrected chi connectivity index (χ3v) is 2.10. The summed E-state index contributed by atoms with van der Waals surface area (Å²) >= 11 is 0. The van der Waals surface area contributed by atoms with Gasteiger partial charge >= 0.3 is 0 Å².